The molecule has 0 aliphatic heterocycles. The summed E-state index contributed by atoms with van der Waals surface area (Å²) in [6.07, 6.45) is 3.49. The molecule has 0 unspecified atom stereocenters. The first-order valence-electron chi connectivity index (χ1n) is 7.99. The Kier molecular flexibility index (Phi) is 4.57. The van der Waals surface area contributed by atoms with Gasteiger partial charge in [-0.15, -0.1) is 10.2 Å². The second kappa shape index (κ2) is 7.32. The van der Waals surface area contributed by atoms with Crippen molar-refractivity contribution in [2.24, 2.45) is 5.10 Å². The van der Waals surface area contributed by atoms with E-state index in [9.17, 15) is 0 Å². The van der Waals surface area contributed by atoms with E-state index in [1.54, 1.807) is 22.8 Å². The van der Waals surface area contributed by atoms with Gasteiger partial charge in [-0.2, -0.15) is 9.78 Å². The molecule has 5 heteroatoms. The predicted octanol–water partition coefficient (Wildman–Crippen LogP) is 4.61. The van der Waals surface area contributed by atoms with E-state index in [2.05, 4.69) is 51.7 Å². The van der Waals surface area contributed by atoms with E-state index in [0.29, 0.717) is 0 Å². The summed E-state index contributed by atoms with van der Waals surface area (Å²) in [5.74, 6) is 0.837. The summed E-state index contributed by atoms with van der Waals surface area (Å²) < 4.78 is 1.72. The van der Waals surface area contributed by atoms with Crippen LogP contribution >= 0.6 is 11.8 Å². The summed E-state index contributed by atoms with van der Waals surface area (Å²) >= 11 is 1.62. The SMILES string of the molecule is C(=Nn1cnnc1SCc1ccccc1)c1cccc2ccccc12. The molecule has 122 valence electrons. The Morgan fingerprint density at radius 3 is 2.64 bits per heavy atom. The molecule has 0 radical (unpaired) electrons. The van der Waals surface area contributed by atoms with Gasteiger partial charge in [0.1, 0.15) is 6.33 Å². The number of benzene rings is 3. The van der Waals surface area contributed by atoms with Crippen LogP contribution in [0, 0.1) is 0 Å². The van der Waals surface area contributed by atoms with Gasteiger partial charge in [-0.1, -0.05) is 84.6 Å². The fraction of sp³-hybridized carbons (Fsp3) is 0.0500. The highest BCUT2D eigenvalue weighted by Crippen LogP contribution is 2.21. The van der Waals surface area contributed by atoms with Crippen molar-refractivity contribution in [3.05, 3.63) is 90.3 Å². The zero-order chi connectivity index (χ0) is 16.9. The maximum Gasteiger partial charge on any atom is 0.212 e. The minimum atomic E-state index is 0.778. The van der Waals surface area contributed by atoms with Gasteiger partial charge in [0.25, 0.3) is 0 Å². The number of nitrogens with zero attached hydrogens (tertiary/aromatic N) is 4. The van der Waals surface area contributed by atoms with Crippen LogP contribution < -0.4 is 0 Å². The smallest absolute Gasteiger partial charge is 0.195 e. The first-order valence-corrected chi connectivity index (χ1v) is 8.97. The normalized spacial score (nSPS) is 11.4. The van der Waals surface area contributed by atoms with Crippen molar-refractivity contribution in [2.75, 3.05) is 0 Å². The average Bonchev–Trinajstić information content (AvgIpc) is 3.13. The first kappa shape index (κ1) is 15.6. The van der Waals surface area contributed by atoms with E-state index in [0.717, 1.165) is 16.5 Å². The van der Waals surface area contributed by atoms with Gasteiger partial charge in [-0.05, 0) is 16.3 Å². The lowest BCUT2D eigenvalue weighted by Gasteiger charge is -2.03. The Balaban J connectivity index is 1.55. The van der Waals surface area contributed by atoms with Gasteiger partial charge in [0.05, 0.1) is 6.21 Å². The maximum atomic E-state index is 4.54. The van der Waals surface area contributed by atoms with E-state index in [1.165, 1.54) is 16.3 Å². The lowest BCUT2D eigenvalue weighted by Crippen LogP contribution is -1.93. The van der Waals surface area contributed by atoms with Crippen molar-refractivity contribution in [2.45, 2.75) is 10.9 Å². The summed E-state index contributed by atoms with van der Waals surface area (Å²) in [5, 5.41) is 15.9. The monoisotopic (exact) mass is 344 g/mol. The van der Waals surface area contributed by atoms with Crippen molar-refractivity contribution in [1.29, 1.82) is 0 Å². The van der Waals surface area contributed by atoms with Crippen LogP contribution in [0.25, 0.3) is 10.8 Å². The number of thioether (sulfide) groups is 1. The molecule has 1 heterocycles. The fourth-order valence-electron chi connectivity index (χ4n) is 2.60. The van der Waals surface area contributed by atoms with Crippen molar-refractivity contribution >= 4 is 28.7 Å². The number of rotatable bonds is 5. The molecule has 3 aromatic carbocycles. The van der Waals surface area contributed by atoms with Crippen molar-refractivity contribution in [3.8, 4) is 0 Å². The van der Waals surface area contributed by atoms with Gasteiger partial charge in [0.15, 0.2) is 0 Å². The molecule has 0 bridgehead atoms. The molecule has 4 rings (SSSR count). The third-order valence-corrected chi connectivity index (χ3v) is 4.86. The molecule has 0 N–H and O–H groups in total. The van der Waals surface area contributed by atoms with Crippen LogP contribution in [-0.2, 0) is 5.75 Å². The molecule has 25 heavy (non-hydrogen) atoms. The van der Waals surface area contributed by atoms with E-state index in [1.807, 2.05) is 42.6 Å². The van der Waals surface area contributed by atoms with Crippen LogP contribution in [0.1, 0.15) is 11.1 Å². The van der Waals surface area contributed by atoms with Crippen molar-refractivity contribution in [3.63, 3.8) is 0 Å². The van der Waals surface area contributed by atoms with Crippen LogP contribution in [-0.4, -0.2) is 21.1 Å². The molecule has 0 spiro atoms. The van der Waals surface area contributed by atoms with Gasteiger partial charge in [-0.25, -0.2) is 0 Å². The van der Waals surface area contributed by atoms with E-state index in [-0.39, 0.29) is 0 Å². The molecular formula is C20H16N4S. The van der Waals surface area contributed by atoms with Crippen LogP contribution in [0.2, 0.25) is 0 Å². The summed E-state index contributed by atoms with van der Waals surface area (Å²) in [4.78, 5) is 0. The molecule has 0 atom stereocenters. The Labute approximate surface area is 150 Å². The minimum Gasteiger partial charge on any atom is -0.195 e. The topological polar surface area (TPSA) is 43.1 Å². The van der Waals surface area contributed by atoms with E-state index in [4.69, 9.17) is 0 Å². The zero-order valence-electron chi connectivity index (χ0n) is 13.5. The molecular weight excluding hydrogens is 328 g/mol. The Hall–Kier alpha value is -2.92. The largest absolute Gasteiger partial charge is 0.212 e. The third-order valence-electron chi connectivity index (χ3n) is 3.86. The van der Waals surface area contributed by atoms with Crippen molar-refractivity contribution < 1.29 is 0 Å². The van der Waals surface area contributed by atoms with Crippen LogP contribution in [0.4, 0.5) is 0 Å². The van der Waals surface area contributed by atoms with E-state index < -0.39 is 0 Å². The lowest BCUT2D eigenvalue weighted by molar-refractivity contribution is 0.767. The fourth-order valence-corrected chi connectivity index (χ4v) is 3.42. The predicted molar refractivity (Wildman–Crippen MR) is 103 cm³/mol. The van der Waals surface area contributed by atoms with Crippen LogP contribution in [0.15, 0.2) is 89.4 Å². The summed E-state index contributed by atoms with van der Waals surface area (Å²) in [5.41, 5.74) is 2.32. The zero-order valence-corrected chi connectivity index (χ0v) is 14.3. The number of fused-ring (bicyclic) bond motifs is 1. The summed E-state index contributed by atoms with van der Waals surface area (Å²) in [6.45, 7) is 0. The van der Waals surface area contributed by atoms with Crippen LogP contribution in [0.5, 0.6) is 0 Å². The van der Waals surface area contributed by atoms with Gasteiger partial charge in [0.2, 0.25) is 5.16 Å². The second-order valence-corrected chi connectivity index (χ2v) is 6.49. The molecule has 4 aromatic rings. The molecule has 0 aliphatic carbocycles. The molecule has 0 fully saturated rings. The molecule has 0 aliphatic rings. The second-order valence-electron chi connectivity index (χ2n) is 5.55. The Morgan fingerprint density at radius 1 is 0.920 bits per heavy atom. The molecule has 0 amide bonds. The maximum absolute atomic E-state index is 4.54. The third kappa shape index (κ3) is 3.61. The van der Waals surface area contributed by atoms with Crippen LogP contribution in [0.3, 0.4) is 0 Å². The Bertz CT molecular complexity index is 1000. The summed E-state index contributed by atoms with van der Waals surface area (Å²) in [7, 11) is 0. The first-order chi connectivity index (χ1) is 12.4. The standard InChI is InChI=1S/C20H16N4S/c1-2-7-16(8-3-1)14-25-20-23-21-15-24(20)22-13-18-11-6-10-17-9-4-5-12-19(17)18/h1-13,15H,14H2. The van der Waals surface area contributed by atoms with Gasteiger partial charge in [0, 0.05) is 11.3 Å². The quantitative estimate of drug-likeness (QED) is 0.392. The molecule has 0 saturated carbocycles. The Morgan fingerprint density at radius 2 is 1.72 bits per heavy atom. The highest BCUT2D eigenvalue weighted by molar-refractivity contribution is 7.98. The average molecular weight is 344 g/mol. The number of aromatic nitrogens is 3. The van der Waals surface area contributed by atoms with E-state index >= 15 is 0 Å². The van der Waals surface area contributed by atoms with Gasteiger partial charge >= 0.3 is 0 Å². The molecule has 0 saturated heterocycles. The number of hydrogen-bond acceptors (Lipinski definition) is 4. The lowest BCUT2D eigenvalue weighted by atomic mass is 10.1. The van der Waals surface area contributed by atoms with Crippen molar-refractivity contribution in [1.82, 2.24) is 14.9 Å². The highest BCUT2D eigenvalue weighted by atomic mass is 32.2. The van der Waals surface area contributed by atoms with Gasteiger partial charge < -0.3 is 0 Å². The highest BCUT2D eigenvalue weighted by Gasteiger charge is 2.05. The molecule has 4 nitrogen and oxygen atoms in total. The summed E-state index contributed by atoms with van der Waals surface area (Å²) in [6, 6.07) is 24.8. The van der Waals surface area contributed by atoms with Gasteiger partial charge in [-0.3, -0.25) is 0 Å². The minimum absolute atomic E-state index is 0.778. The molecule has 1 aromatic heterocycles. The number of hydrogen-bond donors (Lipinski definition) is 0.